The third kappa shape index (κ3) is 4.40. The summed E-state index contributed by atoms with van der Waals surface area (Å²) in [6.07, 6.45) is 0. The van der Waals surface area contributed by atoms with E-state index in [2.05, 4.69) is 205 Å². The zero-order chi connectivity index (χ0) is 35.3. The van der Waals surface area contributed by atoms with Gasteiger partial charge in [-0.1, -0.05) is 176 Å². The molecule has 2 nitrogen and oxygen atoms in total. The first-order valence-electron chi connectivity index (χ1n) is 18.5. The van der Waals surface area contributed by atoms with Crippen LogP contribution in [0.5, 0.6) is 0 Å². The Hall–Kier alpha value is -6.08. The Morgan fingerprint density at radius 3 is 1.91 bits per heavy atom. The van der Waals surface area contributed by atoms with Crippen LogP contribution in [0.4, 0.5) is 0 Å². The lowest BCUT2D eigenvalue weighted by atomic mass is 9.70. The molecule has 250 valence electrons. The highest BCUT2D eigenvalue weighted by atomic mass is 31.1. The number of nitrogens with zero attached hydrogens (tertiary/aromatic N) is 2. The molecule has 0 saturated carbocycles. The van der Waals surface area contributed by atoms with Crippen molar-refractivity contribution in [2.45, 2.75) is 19.3 Å². The lowest BCUT2D eigenvalue weighted by Crippen LogP contribution is -2.59. The molecule has 2 aliphatic rings. The minimum Gasteiger partial charge on any atom is -0.113 e. The van der Waals surface area contributed by atoms with Gasteiger partial charge in [0.25, 0.3) is 11.1 Å². The first kappa shape index (κ1) is 30.5. The van der Waals surface area contributed by atoms with E-state index < -0.39 is 7.92 Å². The van der Waals surface area contributed by atoms with Crippen molar-refractivity contribution in [2.24, 2.45) is 0 Å². The van der Waals surface area contributed by atoms with Gasteiger partial charge in [-0.3, -0.25) is 0 Å². The monoisotopic (exact) mass is 695 g/mol. The topological polar surface area (TPSA) is 7.94 Å². The van der Waals surface area contributed by atoms with Crippen LogP contribution in [0.15, 0.2) is 182 Å². The van der Waals surface area contributed by atoms with Gasteiger partial charge in [0.1, 0.15) is 16.3 Å². The number of hydrogen-bond donors (Lipinski definition) is 0. The number of rotatable bonds is 5. The second-order valence-corrected chi connectivity index (χ2v) is 17.0. The number of aromatic nitrogens is 1. The molecule has 9 aromatic rings. The van der Waals surface area contributed by atoms with Crippen molar-refractivity contribution in [1.82, 2.24) is 9.36 Å². The number of benzene rings is 8. The molecule has 0 fully saturated rings. The van der Waals surface area contributed by atoms with Crippen molar-refractivity contribution in [2.75, 3.05) is 0 Å². The van der Waals surface area contributed by atoms with Crippen molar-refractivity contribution in [3.8, 4) is 11.1 Å². The normalized spacial score (nSPS) is 14.1. The van der Waals surface area contributed by atoms with Crippen LogP contribution in [0.1, 0.15) is 30.5 Å². The molecule has 53 heavy (non-hydrogen) atoms. The van der Waals surface area contributed by atoms with E-state index >= 15 is 0 Å². The third-order valence-corrected chi connectivity index (χ3v) is 14.0. The second kappa shape index (κ2) is 11.5. The average molecular weight is 696 g/mol. The molecule has 8 aromatic carbocycles. The van der Waals surface area contributed by atoms with Crippen LogP contribution in [-0.2, 0) is 5.41 Å². The Balaban J connectivity index is 1.12. The van der Waals surface area contributed by atoms with Crippen LogP contribution in [0.2, 0.25) is 0 Å². The van der Waals surface area contributed by atoms with Crippen LogP contribution in [0.25, 0.3) is 49.4 Å². The van der Waals surface area contributed by atoms with E-state index in [1.165, 1.54) is 92.6 Å². The zero-order valence-electron chi connectivity index (χ0n) is 29.7. The summed E-state index contributed by atoms with van der Waals surface area (Å²) in [5, 5.41) is 11.8. The maximum absolute atomic E-state index is 2.50. The molecule has 0 spiro atoms. The largest absolute Gasteiger partial charge is 0.258 e. The molecule has 0 bridgehead atoms. The van der Waals surface area contributed by atoms with Crippen LogP contribution in [0, 0.1) is 0 Å². The Bertz CT molecular complexity index is 3030. The third-order valence-electron chi connectivity index (χ3n) is 11.6. The SMILES string of the molecule is CC1(C)c2ccccc2C2=c3c1cccc3=[N+]2n1c2ccc(-c3ccc(P(c4ccccc4)c4ccccc4)cc3)cc2c2ccc3ccccc3c21. The molecule has 0 N–H and O–H groups in total. The minimum atomic E-state index is -0.656. The highest BCUT2D eigenvalue weighted by Crippen LogP contribution is 2.42. The van der Waals surface area contributed by atoms with Crippen LogP contribution >= 0.6 is 7.92 Å². The van der Waals surface area contributed by atoms with Crippen LogP contribution in [-0.4, -0.2) is 4.68 Å². The van der Waals surface area contributed by atoms with Gasteiger partial charge in [0.05, 0.1) is 5.56 Å². The fourth-order valence-corrected chi connectivity index (χ4v) is 11.3. The van der Waals surface area contributed by atoms with Gasteiger partial charge >= 0.3 is 0 Å². The van der Waals surface area contributed by atoms with Crippen molar-refractivity contribution in [3.63, 3.8) is 0 Å². The van der Waals surface area contributed by atoms with Gasteiger partial charge in [-0.25, -0.2) is 0 Å². The standard InChI is InChI=1S/C50H36N2P/c1-50(2)43-21-12-11-20-41(43)49-47-44(50)22-13-23-46(47)52(49)51-45-31-27-35(32-42(45)40-30-26-34-14-9-10-19-39(34)48(40)51)33-24-28-38(29-25-33)53(36-15-5-3-6-16-36)37-17-7-4-8-18-37/h3-32H,1-2H3/q+1. The van der Waals surface area contributed by atoms with E-state index in [1.807, 2.05) is 0 Å². The predicted octanol–water partition coefficient (Wildman–Crippen LogP) is 9.14. The maximum atomic E-state index is 2.50. The summed E-state index contributed by atoms with van der Waals surface area (Å²) in [6, 6.07) is 67.6. The van der Waals surface area contributed by atoms with Gasteiger partial charge < -0.3 is 0 Å². The fraction of sp³-hybridized carbons (Fsp3) is 0.0600. The van der Waals surface area contributed by atoms with Gasteiger partial charge in [0, 0.05) is 27.6 Å². The lowest BCUT2D eigenvalue weighted by molar-refractivity contribution is 0.569. The number of hydrogen-bond acceptors (Lipinski definition) is 0. The van der Waals surface area contributed by atoms with E-state index in [4.69, 9.17) is 0 Å². The Labute approximate surface area is 310 Å². The minimum absolute atomic E-state index is 0.0706. The van der Waals surface area contributed by atoms with Gasteiger partial charge in [-0.2, -0.15) is 0 Å². The summed E-state index contributed by atoms with van der Waals surface area (Å²) in [7, 11) is -0.656. The van der Waals surface area contributed by atoms with E-state index in [-0.39, 0.29) is 5.41 Å². The van der Waals surface area contributed by atoms with Gasteiger partial charge in [-0.05, 0) is 69.7 Å². The quantitative estimate of drug-likeness (QED) is 0.125. The molecule has 1 aromatic heterocycles. The molecule has 2 heterocycles. The van der Waals surface area contributed by atoms with Gasteiger partial charge in [0.15, 0.2) is 0 Å². The fourth-order valence-electron chi connectivity index (χ4n) is 9.05. The van der Waals surface area contributed by atoms with Crippen molar-refractivity contribution < 1.29 is 0 Å². The Morgan fingerprint density at radius 1 is 0.491 bits per heavy atom. The molecular weight excluding hydrogens is 660 g/mol. The van der Waals surface area contributed by atoms with Crippen molar-refractivity contribution in [3.05, 3.63) is 209 Å². The van der Waals surface area contributed by atoms with Crippen molar-refractivity contribution >= 4 is 62.1 Å². The van der Waals surface area contributed by atoms with Crippen molar-refractivity contribution in [1.29, 1.82) is 0 Å². The van der Waals surface area contributed by atoms with Gasteiger partial charge in [0.2, 0.25) is 0 Å². The summed E-state index contributed by atoms with van der Waals surface area (Å²) in [5.41, 5.74) is 10.2. The molecule has 1 aliphatic heterocycles. The smallest absolute Gasteiger partial charge is 0.113 e. The van der Waals surface area contributed by atoms with E-state index in [1.54, 1.807) is 0 Å². The van der Waals surface area contributed by atoms with E-state index in [0.29, 0.717) is 0 Å². The Morgan fingerprint density at radius 2 is 1.13 bits per heavy atom. The highest BCUT2D eigenvalue weighted by Gasteiger charge is 2.44. The molecule has 3 heteroatoms. The summed E-state index contributed by atoms with van der Waals surface area (Å²) in [5.74, 6) is 0. The molecule has 0 saturated heterocycles. The van der Waals surface area contributed by atoms with Crippen LogP contribution in [0.3, 0.4) is 0 Å². The summed E-state index contributed by atoms with van der Waals surface area (Å²) in [6.45, 7) is 4.74. The second-order valence-electron chi connectivity index (χ2n) is 14.8. The molecule has 0 radical (unpaired) electrons. The lowest BCUT2D eigenvalue weighted by Gasteiger charge is -2.34. The molecule has 0 amide bonds. The molecule has 11 rings (SSSR count). The first-order valence-corrected chi connectivity index (χ1v) is 19.8. The summed E-state index contributed by atoms with van der Waals surface area (Å²) >= 11 is 0. The van der Waals surface area contributed by atoms with Crippen LogP contribution < -0.4 is 31.2 Å². The molecule has 1 aliphatic carbocycles. The Kier molecular flexibility index (Phi) is 6.60. The van der Waals surface area contributed by atoms with E-state index in [9.17, 15) is 0 Å². The summed E-state index contributed by atoms with van der Waals surface area (Å²) < 4.78 is 5.00. The van der Waals surface area contributed by atoms with Gasteiger partial charge in [-0.15, -0.1) is 4.68 Å². The molecule has 0 unspecified atom stereocenters. The van der Waals surface area contributed by atoms with E-state index in [0.717, 1.165) is 0 Å². The predicted molar refractivity (Wildman–Crippen MR) is 224 cm³/mol. The zero-order valence-corrected chi connectivity index (χ0v) is 30.6. The average Bonchev–Trinajstić information content (AvgIpc) is 3.52. The summed E-state index contributed by atoms with van der Waals surface area (Å²) in [4.78, 5) is 0. The molecule has 0 atom stereocenters. The first-order chi connectivity index (χ1) is 26.1. The highest BCUT2D eigenvalue weighted by molar-refractivity contribution is 7.79. The molecular formula is C50H36N2P+. The maximum Gasteiger partial charge on any atom is 0.258 e. The number of fused-ring (bicyclic) bond motifs is 7.